The highest BCUT2D eigenvalue weighted by Gasteiger charge is 2.65. The number of nitrogens with zero attached hydrogens (tertiary/aromatic N) is 4. The van der Waals surface area contributed by atoms with E-state index in [2.05, 4.69) is 20.5 Å². The number of halogens is 3. The SMILES string of the molecule is CC1(c2ccc(CCOC(=O)Cc3ccc(C4(C(F)(F)F)N=N4)cc3)cc2)N=N1. The topological polar surface area (TPSA) is 75.7 Å². The molecule has 2 aromatic carbocycles. The molecule has 0 saturated carbocycles. The highest BCUT2D eigenvalue weighted by Crippen LogP contribution is 2.52. The summed E-state index contributed by atoms with van der Waals surface area (Å²) in [5, 5.41) is 14.3. The zero-order valence-electron chi connectivity index (χ0n) is 15.5. The highest BCUT2D eigenvalue weighted by molar-refractivity contribution is 5.72. The van der Waals surface area contributed by atoms with Gasteiger partial charge in [0.1, 0.15) is 0 Å². The first kappa shape index (κ1) is 19.2. The predicted octanol–water partition coefficient (Wildman–Crippen LogP) is 4.83. The Labute approximate surface area is 164 Å². The van der Waals surface area contributed by atoms with E-state index < -0.39 is 23.5 Å². The standard InChI is InChI=1S/C20H17F3N4O2/c1-18(24-25-18)15-6-2-13(3-7-15)10-11-29-17(28)12-14-4-8-16(9-5-14)19(26-27-19)20(21,22)23/h2-9H,10-12H2,1H3. The number of alkyl halides is 3. The molecule has 0 atom stereocenters. The van der Waals surface area contributed by atoms with E-state index in [0.717, 1.165) is 11.1 Å². The minimum Gasteiger partial charge on any atom is -0.465 e. The molecule has 0 spiro atoms. The predicted molar refractivity (Wildman–Crippen MR) is 96.0 cm³/mol. The smallest absolute Gasteiger partial charge is 0.442 e. The zero-order chi connectivity index (χ0) is 20.7. The third-order valence-corrected chi connectivity index (χ3v) is 4.95. The van der Waals surface area contributed by atoms with Gasteiger partial charge in [0.15, 0.2) is 0 Å². The van der Waals surface area contributed by atoms with Gasteiger partial charge in [-0.05, 0) is 18.1 Å². The zero-order valence-corrected chi connectivity index (χ0v) is 15.5. The van der Waals surface area contributed by atoms with Crippen molar-refractivity contribution in [1.29, 1.82) is 0 Å². The van der Waals surface area contributed by atoms with Gasteiger partial charge in [0.05, 0.1) is 13.0 Å². The molecule has 4 rings (SSSR count). The molecule has 0 aromatic heterocycles. The molecule has 0 bridgehead atoms. The van der Waals surface area contributed by atoms with Crippen LogP contribution in [0.3, 0.4) is 0 Å². The molecule has 0 radical (unpaired) electrons. The molecule has 29 heavy (non-hydrogen) atoms. The molecule has 0 unspecified atom stereocenters. The molecule has 0 fully saturated rings. The number of hydrogen-bond acceptors (Lipinski definition) is 6. The maximum absolute atomic E-state index is 13.0. The summed E-state index contributed by atoms with van der Waals surface area (Å²) in [6.07, 6.45) is -4.02. The van der Waals surface area contributed by atoms with Crippen molar-refractivity contribution in [2.45, 2.75) is 37.3 Å². The Morgan fingerprint density at radius 2 is 1.45 bits per heavy atom. The van der Waals surface area contributed by atoms with Gasteiger partial charge in [0, 0.05) is 17.5 Å². The minimum atomic E-state index is -4.56. The number of benzene rings is 2. The fourth-order valence-corrected chi connectivity index (χ4v) is 2.98. The van der Waals surface area contributed by atoms with Crippen molar-refractivity contribution in [3.63, 3.8) is 0 Å². The van der Waals surface area contributed by atoms with Crippen LogP contribution in [0.5, 0.6) is 0 Å². The van der Waals surface area contributed by atoms with Crippen LogP contribution in [0, 0.1) is 0 Å². The molecule has 6 nitrogen and oxygen atoms in total. The van der Waals surface area contributed by atoms with Crippen molar-refractivity contribution in [3.8, 4) is 0 Å². The molecule has 2 heterocycles. The number of carbonyl (C=O) groups excluding carboxylic acids is 1. The van der Waals surface area contributed by atoms with Crippen LogP contribution in [-0.2, 0) is 33.7 Å². The van der Waals surface area contributed by atoms with Crippen molar-refractivity contribution in [1.82, 2.24) is 0 Å². The van der Waals surface area contributed by atoms with E-state index in [1.54, 1.807) is 0 Å². The van der Waals surface area contributed by atoms with Crippen LogP contribution < -0.4 is 0 Å². The Morgan fingerprint density at radius 3 is 1.97 bits per heavy atom. The monoisotopic (exact) mass is 402 g/mol. The maximum Gasteiger partial charge on any atom is 0.442 e. The van der Waals surface area contributed by atoms with Crippen molar-refractivity contribution in [2.24, 2.45) is 20.5 Å². The van der Waals surface area contributed by atoms with Crippen LogP contribution in [-0.4, -0.2) is 18.8 Å². The van der Waals surface area contributed by atoms with Gasteiger partial charge < -0.3 is 4.74 Å². The second-order valence-corrected chi connectivity index (χ2v) is 7.13. The summed E-state index contributed by atoms with van der Waals surface area (Å²) in [5.41, 5.74) is -0.328. The Bertz CT molecular complexity index is 970. The molecular formula is C20H17F3N4O2. The Kier molecular flexibility index (Phi) is 4.48. The van der Waals surface area contributed by atoms with Crippen molar-refractivity contribution >= 4 is 5.97 Å². The van der Waals surface area contributed by atoms with E-state index in [0.29, 0.717) is 12.0 Å². The normalized spacial score (nSPS) is 17.8. The highest BCUT2D eigenvalue weighted by atomic mass is 19.4. The Balaban J connectivity index is 1.25. The Hall–Kier alpha value is -3.10. The summed E-state index contributed by atoms with van der Waals surface area (Å²) in [7, 11) is 0. The molecule has 2 aromatic rings. The second kappa shape index (κ2) is 6.75. The summed E-state index contributed by atoms with van der Waals surface area (Å²) in [6.45, 7) is 2.14. The van der Waals surface area contributed by atoms with Crippen LogP contribution in [0.15, 0.2) is 69.0 Å². The summed E-state index contributed by atoms with van der Waals surface area (Å²) >= 11 is 0. The molecule has 150 valence electrons. The lowest BCUT2D eigenvalue weighted by molar-refractivity contribution is -0.166. The third kappa shape index (κ3) is 3.90. The van der Waals surface area contributed by atoms with E-state index in [1.165, 1.54) is 24.3 Å². The fourth-order valence-electron chi connectivity index (χ4n) is 2.98. The quantitative estimate of drug-likeness (QED) is 0.622. The van der Waals surface area contributed by atoms with Crippen LogP contribution in [0.1, 0.15) is 29.2 Å². The van der Waals surface area contributed by atoms with Crippen LogP contribution in [0.2, 0.25) is 0 Å². The van der Waals surface area contributed by atoms with E-state index in [4.69, 9.17) is 4.74 Å². The molecular weight excluding hydrogens is 385 g/mol. The van der Waals surface area contributed by atoms with Gasteiger partial charge in [-0.1, -0.05) is 48.5 Å². The van der Waals surface area contributed by atoms with E-state index in [9.17, 15) is 18.0 Å². The first-order valence-electron chi connectivity index (χ1n) is 9.01. The summed E-state index contributed by atoms with van der Waals surface area (Å²) in [6, 6.07) is 13.3. The molecule has 2 aliphatic heterocycles. The first-order valence-corrected chi connectivity index (χ1v) is 9.01. The molecule has 0 N–H and O–H groups in total. The average molecular weight is 402 g/mol. The fraction of sp³-hybridized carbons (Fsp3) is 0.350. The number of carbonyl (C=O) groups is 1. The van der Waals surface area contributed by atoms with Crippen LogP contribution >= 0.6 is 0 Å². The molecule has 0 amide bonds. The minimum absolute atomic E-state index is 0.0200. The van der Waals surface area contributed by atoms with Crippen LogP contribution in [0.25, 0.3) is 0 Å². The largest absolute Gasteiger partial charge is 0.465 e. The lowest BCUT2D eigenvalue weighted by atomic mass is 10.0. The van der Waals surface area contributed by atoms with Gasteiger partial charge >= 0.3 is 17.8 Å². The third-order valence-electron chi connectivity index (χ3n) is 4.95. The molecule has 9 heteroatoms. The summed E-state index contributed by atoms with van der Waals surface area (Å²) in [4.78, 5) is 12.0. The molecule has 2 aliphatic rings. The van der Waals surface area contributed by atoms with Gasteiger partial charge in [-0.2, -0.15) is 23.4 Å². The molecule has 0 saturated heterocycles. The summed E-state index contributed by atoms with van der Waals surface area (Å²) in [5.74, 6) is -0.441. The van der Waals surface area contributed by atoms with Crippen molar-refractivity contribution in [3.05, 3.63) is 70.8 Å². The van der Waals surface area contributed by atoms with Gasteiger partial charge in [-0.15, -0.1) is 10.2 Å². The van der Waals surface area contributed by atoms with Gasteiger partial charge in [0.2, 0.25) is 5.66 Å². The van der Waals surface area contributed by atoms with E-state index in [1.807, 2.05) is 31.2 Å². The Morgan fingerprint density at radius 1 is 0.897 bits per heavy atom. The van der Waals surface area contributed by atoms with Gasteiger partial charge in [-0.25, -0.2) is 0 Å². The molecule has 0 aliphatic carbocycles. The van der Waals surface area contributed by atoms with Crippen LogP contribution in [0.4, 0.5) is 13.2 Å². The maximum atomic E-state index is 13.0. The second-order valence-electron chi connectivity index (χ2n) is 7.13. The van der Waals surface area contributed by atoms with Crippen molar-refractivity contribution < 1.29 is 22.7 Å². The van der Waals surface area contributed by atoms with Crippen molar-refractivity contribution in [2.75, 3.05) is 6.61 Å². The van der Waals surface area contributed by atoms with E-state index in [-0.39, 0.29) is 18.6 Å². The van der Waals surface area contributed by atoms with Gasteiger partial charge in [0.25, 0.3) is 0 Å². The lowest BCUT2D eigenvalue weighted by Crippen LogP contribution is -2.30. The lowest BCUT2D eigenvalue weighted by Gasteiger charge is -2.14. The number of esters is 1. The summed E-state index contributed by atoms with van der Waals surface area (Å²) < 4.78 is 44.2. The van der Waals surface area contributed by atoms with E-state index >= 15 is 0 Å². The van der Waals surface area contributed by atoms with Gasteiger partial charge in [-0.3, -0.25) is 4.79 Å². The average Bonchev–Trinajstić information content (AvgIpc) is 3.59. The number of rotatable bonds is 7. The first-order chi connectivity index (χ1) is 13.7. The number of ether oxygens (including phenoxy) is 1. The number of hydrogen-bond donors (Lipinski definition) is 0.